The maximum Gasteiger partial charge on any atom is 0.269 e. The maximum absolute atomic E-state index is 13.0. The first-order valence-electron chi connectivity index (χ1n) is 8.90. The number of aryl methyl sites for hydroxylation is 2. The Morgan fingerprint density at radius 3 is 2.19 bits per heavy atom. The van der Waals surface area contributed by atoms with Crippen LogP contribution in [0.25, 0.3) is 0 Å². The summed E-state index contributed by atoms with van der Waals surface area (Å²) in [6, 6.07) is 6.40. The summed E-state index contributed by atoms with van der Waals surface area (Å²) in [4.78, 5) is 4.68. The second-order valence-electron chi connectivity index (χ2n) is 8.05. The fraction of sp³-hybridized carbons (Fsp3) is 0.526. The predicted octanol–water partition coefficient (Wildman–Crippen LogP) is 3.49. The van der Waals surface area contributed by atoms with Crippen LogP contribution in [0.15, 0.2) is 35.4 Å². The van der Waals surface area contributed by atoms with Crippen molar-refractivity contribution in [2.45, 2.75) is 64.2 Å². The third kappa shape index (κ3) is 4.93. The first-order valence-corrected chi connectivity index (χ1v) is 11.5. The molecule has 150 valence electrons. The van der Waals surface area contributed by atoms with E-state index in [9.17, 15) is 13.0 Å². The van der Waals surface area contributed by atoms with E-state index in [2.05, 4.69) is 9.71 Å². The number of nitrogens with zero attached hydrogens (tertiary/aromatic N) is 2. The Balaban J connectivity index is 2.42. The summed E-state index contributed by atoms with van der Waals surface area (Å²) in [6.45, 7) is 13.2. The van der Waals surface area contributed by atoms with Crippen LogP contribution in [0.3, 0.4) is 0 Å². The monoisotopic (exact) mass is 411 g/mol. The highest BCUT2D eigenvalue weighted by Crippen LogP contribution is 2.27. The summed E-state index contributed by atoms with van der Waals surface area (Å²) in [5, 5.41) is 0. The van der Waals surface area contributed by atoms with Crippen LogP contribution in [-0.2, 0) is 21.4 Å². The molecular formula is C19H29N3O3S2. The molecule has 0 bridgehead atoms. The molecule has 0 aliphatic rings. The van der Waals surface area contributed by atoms with Crippen LogP contribution in [0.5, 0.6) is 0 Å². The molecule has 0 saturated heterocycles. The number of imidazole rings is 1. The molecule has 0 radical (unpaired) electrons. The topological polar surface area (TPSA) is 87.0 Å². The van der Waals surface area contributed by atoms with E-state index in [4.69, 9.17) is 0 Å². The standard InChI is InChI=1S/C19H29N3O3S2/c1-13(2)18(21-26(23)19(5,6)7)17-12-22(15(4)20-17)27(24,25)16-10-8-14(3)9-11-16/h8-13,18,21H,1-7H3/t18?,26-/m0/s1. The molecule has 27 heavy (non-hydrogen) atoms. The number of hydrogen-bond acceptors (Lipinski definition) is 5. The van der Waals surface area contributed by atoms with Crippen molar-refractivity contribution < 1.29 is 13.0 Å². The van der Waals surface area contributed by atoms with E-state index in [1.165, 1.54) is 10.2 Å². The van der Waals surface area contributed by atoms with Crippen LogP contribution < -0.4 is 4.72 Å². The average molecular weight is 412 g/mol. The van der Waals surface area contributed by atoms with E-state index < -0.39 is 26.1 Å². The number of aromatic nitrogens is 2. The molecule has 2 atom stereocenters. The van der Waals surface area contributed by atoms with Crippen molar-refractivity contribution in [3.63, 3.8) is 0 Å². The minimum atomic E-state index is -3.73. The van der Waals surface area contributed by atoms with Crippen LogP contribution in [-0.4, -0.2) is 26.7 Å². The zero-order valence-electron chi connectivity index (χ0n) is 17.0. The van der Waals surface area contributed by atoms with Crippen molar-refractivity contribution in [1.29, 1.82) is 0 Å². The molecule has 0 aliphatic heterocycles. The molecule has 0 amide bonds. The fourth-order valence-corrected chi connectivity index (χ4v) is 4.85. The summed E-state index contributed by atoms with van der Waals surface area (Å²) < 4.78 is 42.4. The summed E-state index contributed by atoms with van der Waals surface area (Å²) in [5.74, 6) is 0.459. The van der Waals surface area contributed by atoms with Crippen LogP contribution in [0.2, 0.25) is 0 Å². The van der Waals surface area contributed by atoms with Gasteiger partial charge in [-0.15, -0.1) is 4.72 Å². The lowest BCUT2D eigenvalue weighted by Gasteiger charge is -2.28. The molecule has 0 saturated carbocycles. The molecule has 1 unspecified atom stereocenters. The molecule has 0 fully saturated rings. The molecule has 2 rings (SSSR count). The molecule has 1 aromatic heterocycles. The fourth-order valence-electron chi connectivity index (χ4n) is 2.53. The first kappa shape index (κ1) is 21.9. The van der Waals surface area contributed by atoms with Gasteiger partial charge >= 0.3 is 0 Å². The Morgan fingerprint density at radius 1 is 1.15 bits per heavy atom. The van der Waals surface area contributed by atoms with Gasteiger partial charge in [-0.1, -0.05) is 31.5 Å². The number of hydrogen-bond donors (Lipinski definition) is 1. The quantitative estimate of drug-likeness (QED) is 0.735. The van der Waals surface area contributed by atoms with Crippen molar-refractivity contribution >= 4 is 21.4 Å². The molecule has 1 aromatic carbocycles. The second-order valence-corrected chi connectivity index (χ2v) is 11.9. The minimum Gasteiger partial charge on any atom is -0.598 e. The van der Waals surface area contributed by atoms with Gasteiger partial charge in [-0.05, 0) is 52.7 Å². The smallest absolute Gasteiger partial charge is 0.269 e. The van der Waals surface area contributed by atoms with E-state index in [1.807, 2.05) is 41.5 Å². The van der Waals surface area contributed by atoms with Gasteiger partial charge in [-0.3, -0.25) is 0 Å². The lowest BCUT2D eigenvalue weighted by molar-refractivity contribution is 0.445. The van der Waals surface area contributed by atoms with Gasteiger partial charge < -0.3 is 4.55 Å². The third-order valence-corrected chi connectivity index (χ3v) is 7.55. The molecule has 1 N–H and O–H groups in total. The summed E-state index contributed by atoms with van der Waals surface area (Å²) >= 11 is -1.29. The van der Waals surface area contributed by atoms with E-state index in [-0.39, 0.29) is 16.9 Å². The van der Waals surface area contributed by atoms with Crippen molar-refractivity contribution in [3.05, 3.63) is 47.5 Å². The molecule has 8 heteroatoms. The van der Waals surface area contributed by atoms with Crippen LogP contribution >= 0.6 is 0 Å². The first-order chi connectivity index (χ1) is 12.3. The average Bonchev–Trinajstić information content (AvgIpc) is 2.93. The lowest BCUT2D eigenvalue weighted by atomic mass is 10.0. The second kappa shape index (κ2) is 7.95. The van der Waals surface area contributed by atoms with E-state index in [1.54, 1.807) is 31.2 Å². The van der Waals surface area contributed by atoms with Gasteiger partial charge in [0.05, 0.1) is 16.6 Å². The number of benzene rings is 1. The molecule has 0 aliphatic carbocycles. The SMILES string of the molecule is Cc1ccc(S(=O)(=O)n2cc(C(N[S@@+]([O-])C(C)(C)C)C(C)C)nc2C)cc1. The van der Waals surface area contributed by atoms with Crippen molar-refractivity contribution in [3.8, 4) is 0 Å². The zero-order valence-corrected chi connectivity index (χ0v) is 18.6. The van der Waals surface area contributed by atoms with Crippen LogP contribution in [0.4, 0.5) is 0 Å². The predicted molar refractivity (Wildman–Crippen MR) is 109 cm³/mol. The van der Waals surface area contributed by atoms with Crippen molar-refractivity contribution in [2.24, 2.45) is 5.92 Å². The van der Waals surface area contributed by atoms with Crippen LogP contribution in [0, 0.1) is 19.8 Å². The van der Waals surface area contributed by atoms with Crippen molar-refractivity contribution in [1.82, 2.24) is 13.7 Å². The van der Waals surface area contributed by atoms with Gasteiger partial charge in [0.1, 0.15) is 10.6 Å². The number of rotatable bonds is 6. The molecule has 2 aromatic rings. The van der Waals surface area contributed by atoms with Gasteiger partial charge in [-0.25, -0.2) is 17.4 Å². The van der Waals surface area contributed by atoms with Crippen LogP contribution in [0.1, 0.15) is 57.7 Å². The summed E-state index contributed by atoms with van der Waals surface area (Å²) in [7, 11) is -3.73. The van der Waals surface area contributed by atoms with Crippen molar-refractivity contribution in [2.75, 3.05) is 0 Å². The zero-order chi connectivity index (χ0) is 20.6. The Kier molecular flexibility index (Phi) is 6.46. The van der Waals surface area contributed by atoms with Gasteiger partial charge in [0.15, 0.2) is 0 Å². The Bertz CT molecular complexity index is 882. The summed E-state index contributed by atoms with van der Waals surface area (Å²) in [5.41, 5.74) is 1.56. The highest BCUT2D eigenvalue weighted by molar-refractivity contribution is 7.90. The van der Waals surface area contributed by atoms with E-state index in [0.29, 0.717) is 11.5 Å². The Labute approximate surface area is 165 Å². The molecule has 0 spiro atoms. The normalized spacial score (nSPS) is 15.1. The van der Waals surface area contributed by atoms with E-state index >= 15 is 0 Å². The lowest BCUT2D eigenvalue weighted by Crippen LogP contribution is -2.42. The molecule has 6 nitrogen and oxygen atoms in total. The Morgan fingerprint density at radius 2 is 1.70 bits per heavy atom. The Hall–Kier alpha value is -1.35. The van der Waals surface area contributed by atoms with E-state index in [0.717, 1.165) is 5.56 Å². The van der Waals surface area contributed by atoms with Gasteiger partial charge in [-0.2, -0.15) is 0 Å². The third-order valence-electron chi connectivity index (χ3n) is 4.21. The summed E-state index contributed by atoms with van der Waals surface area (Å²) in [6.07, 6.45) is 1.53. The highest BCUT2D eigenvalue weighted by atomic mass is 32.2. The molecular weight excluding hydrogens is 382 g/mol. The van der Waals surface area contributed by atoms with Gasteiger partial charge in [0.25, 0.3) is 10.0 Å². The minimum absolute atomic E-state index is 0.0844. The highest BCUT2D eigenvalue weighted by Gasteiger charge is 2.33. The largest absolute Gasteiger partial charge is 0.598 e. The number of nitrogens with one attached hydrogen (secondary N) is 1. The van der Waals surface area contributed by atoms with Gasteiger partial charge in [0.2, 0.25) is 0 Å². The molecule has 1 heterocycles. The van der Waals surface area contributed by atoms with Gasteiger partial charge in [0, 0.05) is 17.6 Å². The maximum atomic E-state index is 13.0.